The van der Waals surface area contributed by atoms with Crippen LogP contribution in [0.25, 0.3) is 0 Å². The summed E-state index contributed by atoms with van der Waals surface area (Å²) < 4.78 is 0. The molecule has 0 aliphatic carbocycles. The maximum atomic E-state index is 13.1. The molecule has 0 spiro atoms. The van der Waals surface area contributed by atoms with Gasteiger partial charge in [-0.15, -0.1) is 0 Å². The molecule has 0 radical (unpaired) electrons. The first-order valence-electron chi connectivity index (χ1n) is 10.9. The van der Waals surface area contributed by atoms with E-state index in [1.54, 1.807) is 30.3 Å². The number of nitrogens with zero attached hydrogens (tertiary/aromatic N) is 1. The Labute approximate surface area is 205 Å². The standard InChI is InChI=1S/C22H29N7O7/c23-14(10-30)19(32)27-16(8-18(24)31)21(34)28-15(7-13-9-25-11-26-13)20(33)29-17(22(35)36)6-12-4-2-1-3-5-12/h1-5,9,11,14-17,30H,6-8,10,23H2,(H2,24,31)(H,25,26)(H,27,32)(H,28,34)(H,29,33)(H,35,36). The number of rotatable bonds is 14. The molecular formula is C22H29N7O7. The van der Waals surface area contributed by atoms with Crippen LogP contribution < -0.4 is 27.4 Å². The van der Waals surface area contributed by atoms with Crippen LogP contribution in [0.5, 0.6) is 0 Å². The second kappa shape index (κ2) is 13.6. The van der Waals surface area contributed by atoms with E-state index in [9.17, 15) is 29.1 Å². The van der Waals surface area contributed by atoms with Crippen molar-refractivity contribution < 1.29 is 34.2 Å². The van der Waals surface area contributed by atoms with E-state index in [4.69, 9.17) is 16.6 Å². The predicted octanol–water partition coefficient (Wildman–Crippen LogP) is -3.07. The maximum Gasteiger partial charge on any atom is 0.326 e. The minimum atomic E-state index is -1.50. The Morgan fingerprint density at radius 2 is 1.53 bits per heavy atom. The summed E-state index contributed by atoms with van der Waals surface area (Å²) in [5.74, 6) is -4.88. The summed E-state index contributed by atoms with van der Waals surface area (Å²) in [7, 11) is 0. The summed E-state index contributed by atoms with van der Waals surface area (Å²) in [6.07, 6.45) is 2.04. The smallest absolute Gasteiger partial charge is 0.326 e. The lowest BCUT2D eigenvalue weighted by Gasteiger charge is -2.24. The summed E-state index contributed by atoms with van der Waals surface area (Å²) in [5.41, 5.74) is 11.7. The minimum absolute atomic E-state index is 0.00789. The highest BCUT2D eigenvalue weighted by molar-refractivity contribution is 5.96. The number of aromatic amines is 1. The zero-order chi connectivity index (χ0) is 26.7. The molecule has 0 aliphatic heterocycles. The molecule has 194 valence electrons. The van der Waals surface area contributed by atoms with Gasteiger partial charge in [-0.25, -0.2) is 9.78 Å². The Bertz CT molecular complexity index is 1050. The molecule has 1 aromatic carbocycles. The Morgan fingerprint density at radius 1 is 0.917 bits per heavy atom. The van der Waals surface area contributed by atoms with Crippen LogP contribution in [0, 0.1) is 0 Å². The number of aliphatic hydroxyl groups is 1. The van der Waals surface area contributed by atoms with Gasteiger partial charge in [0, 0.05) is 24.7 Å². The SMILES string of the molecule is NC(=O)CC(NC(=O)C(N)CO)C(=O)NC(Cc1cnc[nH]1)C(=O)NC(Cc1ccccc1)C(=O)O. The fraction of sp³-hybridized carbons (Fsp3) is 0.364. The lowest BCUT2D eigenvalue weighted by atomic mass is 10.0. The first-order valence-corrected chi connectivity index (χ1v) is 10.9. The molecule has 4 atom stereocenters. The first-order chi connectivity index (χ1) is 17.1. The van der Waals surface area contributed by atoms with Crippen LogP contribution in [0.2, 0.25) is 0 Å². The minimum Gasteiger partial charge on any atom is -0.480 e. The summed E-state index contributed by atoms with van der Waals surface area (Å²) in [6.45, 7) is -0.709. The number of amides is 4. The second-order valence-corrected chi connectivity index (χ2v) is 7.95. The van der Waals surface area contributed by atoms with Crippen molar-refractivity contribution in [1.29, 1.82) is 0 Å². The van der Waals surface area contributed by atoms with Crippen LogP contribution in [0.4, 0.5) is 0 Å². The molecule has 4 unspecified atom stereocenters. The van der Waals surface area contributed by atoms with Gasteiger partial charge in [0.05, 0.1) is 19.4 Å². The van der Waals surface area contributed by atoms with E-state index in [0.29, 0.717) is 11.3 Å². The first kappa shape index (κ1) is 27.9. The van der Waals surface area contributed by atoms with Gasteiger partial charge in [-0.3, -0.25) is 19.2 Å². The van der Waals surface area contributed by atoms with Gasteiger partial charge in [0.25, 0.3) is 0 Å². The number of hydrogen-bond acceptors (Lipinski definition) is 8. The normalized spacial score (nSPS) is 14.1. The van der Waals surface area contributed by atoms with E-state index in [1.165, 1.54) is 12.5 Å². The number of primary amides is 1. The fourth-order valence-corrected chi connectivity index (χ4v) is 3.19. The molecule has 0 saturated heterocycles. The summed E-state index contributed by atoms with van der Waals surface area (Å²) in [5, 5.41) is 25.7. The molecule has 0 aliphatic rings. The fourth-order valence-electron chi connectivity index (χ4n) is 3.19. The van der Waals surface area contributed by atoms with Gasteiger partial charge in [0.2, 0.25) is 23.6 Å². The van der Waals surface area contributed by atoms with Gasteiger partial charge >= 0.3 is 5.97 Å². The monoisotopic (exact) mass is 503 g/mol. The van der Waals surface area contributed by atoms with Gasteiger partial charge in [0.15, 0.2) is 0 Å². The molecule has 36 heavy (non-hydrogen) atoms. The highest BCUT2D eigenvalue weighted by atomic mass is 16.4. The van der Waals surface area contributed by atoms with E-state index >= 15 is 0 Å². The average molecular weight is 504 g/mol. The van der Waals surface area contributed by atoms with E-state index in [-0.39, 0.29) is 12.8 Å². The highest BCUT2D eigenvalue weighted by Gasteiger charge is 2.31. The van der Waals surface area contributed by atoms with Crippen LogP contribution in [0.15, 0.2) is 42.9 Å². The third-order valence-corrected chi connectivity index (χ3v) is 5.08. The third kappa shape index (κ3) is 8.81. The van der Waals surface area contributed by atoms with Crippen molar-refractivity contribution in [3.8, 4) is 0 Å². The van der Waals surface area contributed by atoms with Crippen LogP contribution in [-0.4, -0.2) is 80.6 Å². The number of hydrogen-bond donors (Lipinski definition) is 8. The lowest BCUT2D eigenvalue weighted by molar-refractivity contribution is -0.142. The number of imidazole rings is 1. The van der Waals surface area contributed by atoms with Crippen molar-refractivity contribution in [1.82, 2.24) is 25.9 Å². The molecular weight excluding hydrogens is 474 g/mol. The molecule has 2 aromatic rings. The Balaban J connectivity index is 2.21. The molecule has 2 rings (SSSR count). The number of carboxylic acid groups (broad SMARTS) is 1. The summed E-state index contributed by atoms with van der Waals surface area (Å²) in [4.78, 5) is 67.9. The number of nitrogens with one attached hydrogen (secondary N) is 4. The molecule has 14 nitrogen and oxygen atoms in total. The van der Waals surface area contributed by atoms with Crippen LogP contribution in [0.1, 0.15) is 17.7 Å². The van der Waals surface area contributed by atoms with Crippen molar-refractivity contribution in [3.05, 3.63) is 54.1 Å². The molecule has 14 heteroatoms. The van der Waals surface area contributed by atoms with E-state index in [1.807, 2.05) is 0 Å². The van der Waals surface area contributed by atoms with Gasteiger partial charge in [0.1, 0.15) is 24.2 Å². The highest BCUT2D eigenvalue weighted by Crippen LogP contribution is 2.06. The largest absolute Gasteiger partial charge is 0.480 e. The molecule has 10 N–H and O–H groups in total. The number of carbonyl (C=O) groups excluding carboxylic acids is 4. The van der Waals surface area contributed by atoms with Crippen LogP contribution in [0.3, 0.4) is 0 Å². The molecule has 4 amide bonds. The van der Waals surface area contributed by atoms with Crippen LogP contribution in [-0.2, 0) is 36.8 Å². The topological polar surface area (TPSA) is 243 Å². The molecule has 0 bridgehead atoms. The number of nitrogens with two attached hydrogens (primary N) is 2. The number of aliphatic carboxylic acids is 1. The summed E-state index contributed by atoms with van der Waals surface area (Å²) >= 11 is 0. The Morgan fingerprint density at radius 3 is 2.08 bits per heavy atom. The Hall–Kier alpha value is -4.30. The van der Waals surface area contributed by atoms with E-state index < -0.39 is 66.8 Å². The van der Waals surface area contributed by atoms with E-state index in [0.717, 1.165) is 0 Å². The number of H-pyrrole nitrogens is 1. The van der Waals surface area contributed by atoms with Crippen LogP contribution >= 0.6 is 0 Å². The number of benzene rings is 1. The number of carbonyl (C=O) groups is 5. The molecule has 0 saturated carbocycles. The van der Waals surface area contributed by atoms with Gasteiger partial charge in [-0.2, -0.15) is 0 Å². The molecule has 1 heterocycles. The van der Waals surface area contributed by atoms with Crippen molar-refractivity contribution in [2.75, 3.05) is 6.61 Å². The number of aliphatic hydroxyl groups excluding tert-OH is 1. The quantitative estimate of drug-likeness (QED) is 0.130. The molecule has 0 fully saturated rings. The predicted molar refractivity (Wildman–Crippen MR) is 125 cm³/mol. The number of carboxylic acids is 1. The van der Waals surface area contributed by atoms with Crippen molar-refractivity contribution in [2.45, 2.75) is 43.4 Å². The van der Waals surface area contributed by atoms with Crippen molar-refractivity contribution in [2.24, 2.45) is 11.5 Å². The summed E-state index contributed by atoms with van der Waals surface area (Å²) in [6, 6.07) is 3.18. The average Bonchev–Trinajstić information content (AvgIpc) is 3.35. The van der Waals surface area contributed by atoms with Gasteiger partial charge in [-0.05, 0) is 5.56 Å². The van der Waals surface area contributed by atoms with Gasteiger partial charge in [-0.1, -0.05) is 30.3 Å². The Kier molecular flexibility index (Phi) is 10.5. The van der Waals surface area contributed by atoms with Crippen molar-refractivity contribution in [3.63, 3.8) is 0 Å². The van der Waals surface area contributed by atoms with Crippen molar-refractivity contribution >= 4 is 29.6 Å². The maximum absolute atomic E-state index is 13.1. The van der Waals surface area contributed by atoms with Gasteiger partial charge < -0.3 is 42.6 Å². The molecule has 1 aromatic heterocycles. The lowest BCUT2D eigenvalue weighted by Crippen LogP contribution is -2.58. The number of aromatic nitrogens is 2. The van der Waals surface area contributed by atoms with E-state index in [2.05, 4.69) is 25.9 Å². The zero-order valence-electron chi connectivity index (χ0n) is 19.2. The second-order valence-electron chi connectivity index (χ2n) is 7.95. The zero-order valence-corrected chi connectivity index (χ0v) is 19.2. The third-order valence-electron chi connectivity index (χ3n) is 5.08.